The first kappa shape index (κ1) is 17.1. The van der Waals surface area contributed by atoms with Crippen molar-refractivity contribution in [3.8, 4) is 0 Å². The largest absolute Gasteiger partial charge is 0.351 e. The number of nitrogens with zero attached hydrogens (tertiary/aromatic N) is 5. The molecule has 2 aromatic heterocycles. The lowest BCUT2D eigenvalue weighted by molar-refractivity contribution is 0.0496. The molecule has 3 amide bonds. The van der Waals surface area contributed by atoms with E-state index in [1.54, 1.807) is 34.0 Å². The minimum atomic E-state index is -0.0349. The molecular weight excluding hydrogens is 380 g/mol. The molecule has 0 radical (unpaired) electrons. The minimum absolute atomic E-state index is 0.0103. The van der Waals surface area contributed by atoms with E-state index >= 15 is 0 Å². The zero-order valence-electron chi connectivity index (χ0n) is 15.3. The maximum atomic E-state index is 12.7. The van der Waals surface area contributed by atoms with Gasteiger partial charge in [-0.25, -0.2) is 4.79 Å². The Balaban J connectivity index is 1.26. The van der Waals surface area contributed by atoms with Crippen LogP contribution in [0.5, 0.6) is 0 Å². The van der Waals surface area contributed by atoms with Crippen molar-refractivity contribution in [3.05, 3.63) is 47.4 Å². The predicted molar refractivity (Wildman–Crippen MR) is 106 cm³/mol. The number of carbonyl (C=O) groups excluding carboxylic acids is 2. The Kier molecular flexibility index (Phi) is 3.83. The van der Waals surface area contributed by atoms with Crippen LogP contribution in [0.15, 0.2) is 36.7 Å². The second-order valence-corrected chi connectivity index (χ2v) is 7.75. The van der Waals surface area contributed by atoms with Gasteiger partial charge >= 0.3 is 6.03 Å². The highest BCUT2D eigenvalue weighted by Gasteiger charge is 2.34. The van der Waals surface area contributed by atoms with E-state index in [0.717, 1.165) is 16.6 Å². The third-order valence-electron chi connectivity index (χ3n) is 5.45. The van der Waals surface area contributed by atoms with E-state index in [4.69, 9.17) is 11.6 Å². The van der Waals surface area contributed by atoms with Gasteiger partial charge in [0.2, 0.25) is 0 Å². The number of carbonyl (C=O) groups is 2. The lowest BCUT2D eigenvalue weighted by atomic mass is 10.1. The summed E-state index contributed by atoms with van der Waals surface area (Å²) in [5.74, 6) is -0.0349. The summed E-state index contributed by atoms with van der Waals surface area (Å²) in [4.78, 5) is 33.2. The monoisotopic (exact) mass is 398 g/mol. The smallest absolute Gasteiger partial charge is 0.324 e. The number of aromatic nitrogens is 3. The van der Waals surface area contributed by atoms with Crippen molar-refractivity contribution in [2.75, 3.05) is 38.1 Å². The lowest BCUT2D eigenvalue weighted by Gasteiger charge is -2.38. The minimum Gasteiger partial charge on any atom is -0.351 e. The molecule has 2 aliphatic rings. The molecule has 0 atom stereocenters. The van der Waals surface area contributed by atoms with Gasteiger partial charge in [0.05, 0.1) is 17.9 Å². The molecule has 1 aromatic carbocycles. The fourth-order valence-electron chi connectivity index (χ4n) is 3.73. The van der Waals surface area contributed by atoms with Crippen LogP contribution >= 0.6 is 11.6 Å². The number of nitrogens with one attached hydrogen (secondary N) is 1. The Morgan fingerprint density at radius 1 is 1.25 bits per heavy atom. The second kappa shape index (κ2) is 6.27. The average molecular weight is 399 g/mol. The third kappa shape index (κ3) is 2.72. The van der Waals surface area contributed by atoms with Crippen molar-refractivity contribution in [3.63, 3.8) is 0 Å². The van der Waals surface area contributed by atoms with Crippen LogP contribution in [0.2, 0.25) is 5.02 Å². The van der Waals surface area contributed by atoms with Crippen molar-refractivity contribution >= 4 is 40.1 Å². The summed E-state index contributed by atoms with van der Waals surface area (Å²) in [6.45, 7) is 2.56. The first-order chi connectivity index (χ1) is 13.5. The Morgan fingerprint density at radius 2 is 2.07 bits per heavy atom. The fraction of sp³-hybridized carbons (Fsp3) is 0.316. The summed E-state index contributed by atoms with van der Waals surface area (Å²) in [7, 11) is 1.79. The Labute approximate surface area is 166 Å². The van der Waals surface area contributed by atoms with Gasteiger partial charge in [0.1, 0.15) is 5.69 Å². The number of amides is 3. The molecule has 0 spiro atoms. The Hall–Kier alpha value is -3.00. The molecule has 2 aliphatic heterocycles. The number of H-pyrrole nitrogens is 1. The van der Waals surface area contributed by atoms with Crippen LogP contribution in [0.1, 0.15) is 16.5 Å². The summed E-state index contributed by atoms with van der Waals surface area (Å²) in [6, 6.07) is 7.45. The maximum Gasteiger partial charge on any atom is 0.324 e. The number of likely N-dealkylation sites (N-methyl/N-ethyl adjacent to an activating group) is 1. The van der Waals surface area contributed by atoms with Gasteiger partial charge in [-0.3, -0.25) is 14.4 Å². The van der Waals surface area contributed by atoms with Gasteiger partial charge in [-0.15, -0.1) is 0 Å². The van der Waals surface area contributed by atoms with Crippen LogP contribution in [0.3, 0.4) is 0 Å². The van der Waals surface area contributed by atoms with E-state index in [-0.39, 0.29) is 18.0 Å². The zero-order chi connectivity index (χ0) is 19.4. The second-order valence-electron chi connectivity index (χ2n) is 7.31. The highest BCUT2D eigenvalue weighted by Crippen LogP contribution is 2.27. The van der Waals surface area contributed by atoms with Crippen LogP contribution in [-0.4, -0.2) is 69.7 Å². The first-order valence-electron chi connectivity index (χ1n) is 9.14. The number of halogens is 1. The van der Waals surface area contributed by atoms with E-state index in [2.05, 4.69) is 10.1 Å². The molecule has 28 heavy (non-hydrogen) atoms. The van der Waals surface area contributed by atoms with Crippen LogP contribution in [0.4, 0.5) is 10.5 Å². The van der Waals surface area contributed by atoms with E-state index in [0.29, 0.717) is 36.9 Å². The number of aromatic amines is 1. The van der Waals surface area contributed by atoms with E-state index in [9.17, 15) is 9.59 Å². The standard InChI is InChI=1S/C19H19ClN6O2/c1-23-4-5-25(19(23)28)14-8-21-26(11-14)15-9-24(10-15)18(27)17-7-12-6-13(20)2-3-16(12)22-17/h2-3,6-8,11,15,22H,4-5,9-10H2,1H3. The Bertz CT molecular complexity index is 1080. The van der Waals surface area contributed by atoms with Gasteiger partial charge in [-0.2, -0.15) is 5.10 Å². The molecule has 144 valence electrons. The molecule has 8 nitrogen and oxygen atoms in total. The maximum absolute atomic E-state index is 12.7. The number of urea groups is 1. The van der Waals surface area contributed by atoms with Crippen molar-refractivity contribution in [1.29, 1.82) is 0 Å². The van der Waals surface area contributed by atoms with Crippen molar-refractivity contribution < 1.29 is 9.59 Å². The molecule has 4 heterocycles. The summed E-state index contributed by atoms with van der Waals surface area (Å²) < 4.78 is 1.84. The van der Waals surface area contributed by atoms with Crippen molar-refractivity contribution in [2.45, 2.75) is 6.04 Å². The summed E-state index contributed by atoms with van der Waals surface area (Å²) in [5.41, 5.74) is 2.25. The quantitative estimate of drug-likeness (QED) is 0.736. The molecule has 0 bridgehead atoms. The van der Waals surface area contributed by atoms with Crippen molar-refractivity contribution in [2.24, 2.45) is 0 Å². The number of likely N-dealkylation sites (tertiary alicyclic amines) is 1. The van der Waals surface area contributed by atoms with Crippen LogP contribution in [0.25, 0.3) is 10.9 Å². The van der Waals surface area contributed by atoms with Gasteiger partial charge < -0.3 is 14.8 Å². The van der Waals surface area contributed by atoms with Crippen molar-refractivity contribution in [1.82, 2.24) is 24.6 Å². The van der Waals surface area contributed by atoms with Crippen LogP contribution in [0, 0.1) is 0 Å². The van der Waals surface area contributed by atoms with Crippen LogP contribution < -0.4 is 4.90 Å². The van der Waals surface area contributed by atoms with E-state index < -0.39 is 0 Å². The molecule has 2 saturated heterocycles. The molecular formula is C19H19ClN6O2. The van der Waals surface area contributed by atoms with Gasteiger partial charge in [-0.1, -0.05) is 11.6 Å². The summed E-state index contributed by atoms with van der Waals surface area (Å²) in [6.07, 6.45) is 3.59. The van der Waals surface area contributed by atoms with Gasteiger partial charge in [0.25, 0.3) is 5.91 Å². The summed E-state index contributed by atoms with van der Waals surface area (Å²) in [5, 5.41) is 5.96. The van der Waals surface area contributed by atoms with Gasteiger partial charge in [-0.05, 0) is 24.3 Å². The fourth-order valence-corrected chi connectivity index (χ4v) is 3.91. The number of fused-ring (bicyclic) bond motifs is 1. The van der Waals surface area contributed by atoms with Gasteiger partial charge in [0, 0.05) is 55.3 Å². The third-order valence-corrected chi connectivity index (χ3v) is 5.69. The van der Waals surface area contributed by atoms with E-state index in [1.165, 1.54) is 0 Å². The molecule has 0 unspecified atom stereocenters. The molecule has 1 N–H and O–H groups in total. The highest BCUT2D eigenvalue weighted by molar-refractivity contribution is 6.31. The highest BCUT2D eigenvalue weighted by atomic mass is 35.5. The predicted octanol–water partition coefficient (Wildman–Crippen LogP) is 2.59. The van der Waals surface area contributed by atoms with Crippen LogP contribution in [-0.2, 0) is 0 Å². The summed E-state index contributed by atoms with van der Waals surface area (Å²) >= 11 is 6.02. The topological polar surface area (TPSA) is 77.5 Å². The number of hydrogen-bond acceptors (Lipinski definition) is 3. The number of rotatable bonds is 3. The average Bonchev–Trinajstić information content (AvgIpc) is 3.33. The SMILES string of the molecule is CN1CCN(c2cnn(C3CN(C(=O)c4cc5cc(Cl)ccc5[nH]4)C3)c2)C1=O. The molecule has 0 saturated carbocycles. The molecule has 3 aromatic rings. The molecule has 2 fully saturated rings. The molecule has 9 heteroatoms. The normalized spacial score (nSPS) is 17.6. The van der Waals surface area contributed by atoms with Gasteiger partial charge in [0.15, 0.2) is 0 Å². The molecule has 5 rings (SSSR count). The number of hydrogen-bond donors (Lipinski definition) is 1. The Morgan fingerprint density at radius 3 is 2.82 bits per heavy atom. The lowest BCUT2D eigenvalue weighted by Crippen LogP contribution is -2.51. The first-order valence-corrected chi connectivity index (χ1v) is 9.52. The molecule has 0 aliphatic carbocycles. The van der Waals surface area contributed by atoms with E-state index in [1.807, 2.05) is 29.1 Å². The number of anilines is 1. The zero-order valence-corrected chi connectivity index (χ0v) is 16.1. The number of benzene rings is 1.